The van der Waals surface area contributed by atoms with E-state index in [2.05, 4.69) is 10.3 Å². The molecular formula is C18H12N2O2. The van der Waals surface area contributed by atoms with Crippen LogP contribution < -0.4 is 10.7 Å². The van der Waals surface area contributed by atoms with E-state index in [1.807, 2.05) is 42.5 Å². The minimum Gasteiger partial charge on any atom is -0.355 e. The van der Waals surface area contributed by atoms with Gasteiger partial charge in [-0.1, -0.05) is 30.3 Å². The first kappa shape index (κ1) is 12.6. The maximum absolute atomic E-state index is 12.2. The van der Waals surface area contributed by atoms with Crippen molar-refractivity contribution < 1.29 is 4.79 Å². The quantitative estimate of drug-likeness (QED) is 0.676. The number of hydrogen-bond acceptors (Lipinski definition) is 2. The van der Waals surface area contributed by atoms with Gasteiger partial charge in [0.25, 0.3) is 5.91 Å². The monoisotopic (exact) mass is 288 g/mol. The van der Waals surface area contributed by atoms with Crippen LogP contribution in [0.4, 0.5) is 5.69 Å². The number of pyridine rings is 1. The van der Waals surface area contributed by atoms with Crippen LogP contribution in [0.5, 0.6) is 0 Å². The second-order valence-corrected chi connectivity index (χ2v) is 5.19. The molecule has 1 aliphatic heterocycles. The van der Waals surface area contributed by atoms with Crippen LogP contribution in [0.1, 0.15) is 11.3 Å². The molecule has 22 heavy (non-hydrogen) atoms. The highest BCUT2D eigenvalue weighted by Gasteiger charge is 2.23. The summed E-state index contributed by atoms with van der Waals surface area (Å²) in [6.45, 7) is 0. The van der Waals surface area contributed by atoms with Crippen molar-refractivity contribution in [2.24, 2.45) is 0 Å². The molecule has 0 bridgehead atoms. The summed E-state index contributed by atoms with van der Waals surface area (Å²) in [6, 6.07) is 16.3. The number of aromatic amines is 1. The summed E-state index contributed by atoms with van der Waals surface area (Å²) >= 11 is 0. The molecule has 4 nitrogen and oxygen atoms in total. The van der Waals surface area contributed by atoms with Crippen LogP contribution in [0.25, 0.3) is 22.6 Å². The molecule has 106 valence electrons. The van der Waals surface area contributed by atoms with E-state index in [9.17, 15) is 9.59 Å². The van der Waals surface area contributed by atoms with Gasteiger partial charge in [0, 0.05) is 33.9 Å². The first-order valence-corrected chi connectivity index (χ1v) is 6.97. The van der Waals surface area contributed by atoms with Gasteiger partial charge in [0.1, 0.15) is 0 Å². The van der Waals surface area contributed by atoms with Crippen LogP contribution in [0, 0.1) is 0 Å². The lowest BCUT2D eigenvalue weighted by molar-refractivity contribution is -0.110. The third-order valence-electron chi connectivity index (χ3n) is 3.77. The van der Waals surface area contributed by atoms with Gasteiger partial charge in [-0.3, -0.25) is 9.59 Å². The van der Waals surface area contributed by atoms with Crippen LogP contribution in [0.2, 0.25) is 0 Å². The van der Waals surface area contributed by atoms with E-state index in [0.29, 0.717) is 16.7 Å². The van der Waals surface area contributed by atoms with Gasteiger partial charge in [0.05, 0.1) is 5.57 Å². The van der Waals surface area contributed by atoms with Crippen LogP contribution in [0.3, 0.4) is 0 Å². The Balaban J connectivity index is 1.90. The molecule has 1 aliphatic rings. The molecule has 3 aromatic rings. The van der Waals surface area contributed by atoms with Gasteiger partial charge in [-0.2, -0.15) is 0 Å². The lowest BCUT2D eigenvalue weighted by atomic mass is 10.1. The predicted molar refractivity (Wildman–Crippen MR) is 87.5 cm³/mol. The number of benzene rings is 2. The number of fused-ring (bicyclic) bond motifs is 2. The minimum absolute atomic E-state index is 0.0621. The molecule has 2 N–H and O–H groups in total. The Bertz CT molecular complexity index is 999. The van der Waals surface area contributed by atoms with Crippen LogP contribution in [-0.2, 0) is 4.79 Å². The topological polar surface area (TPSA) is 62.0 Å². The highest BCUT2D eigenvalue weighted by Crippen LogP contribution is 2.32. The third-order valence-corrected chi connectivity index (χ3v) is 3.77. The van der Waals surface area contributed by atoms with Crippen molar-refractivity contribution in [3.8, 4) is 0 Å². The fourth-order valence-corrected chi connectivity index (χ4v) is 2.73. The van der Waals surface area contributed by atoms with Crippen molar-refractivity contribution in [3.05, 3.63) is 76.1 Å². The van der Waals surface area contributed by atoms with Crippen molar-refractivity contribution in [2.75, 3.05) is 5.32 Å². The molecule has 2 heterocycles. The zero-order chi connectivity index (χ0) is 15.1. The Labute approximate surface area is 126 Å². The normalized spacial score (nSPS) is 15.1. The highest BCUT2D eigenvalue weighted by atomic mass is 16.2. The van der Waals surface area contributed by atoms with Gasteiger partial charge >= 0.3 is 0 Å². The van der Waals surface area contributed by atoms with Gasteiger partial charge in [-0.05, 0) is 24.3 Å². The van der Waals surface area contributed by atoms with Gasteiger partial charge in [-0.15, -0.1) is 0 Å². The van der Waals surface area contributed by atoms with Crippen molar-refractivity contribution in [1.29, 1.82) is 0 Å². The molecule has 0 radical (unpaired) electrons. The molecule has 4 heteroatoms. The van der Waals surface area contributed by atoms with Gasteiger partial charge in [0.2, 0.25) is 0 Å². The number of rotatable bonds is 1. The number of carbonyl (C=O) groups excluding carboxylic acids is 1. The molecular weight excluding hydrogens is 276 g/mol. The number of nitrogens with one attached hydrogen (secondary N) is 2. The summed E-state index contributed by atoms with van der Waals surface area (Å²) in [4.78, 5) is 27.5. The van der Waals surface area contributed by atoms with E-state index < -0.39 is 0 Å². The van der Waals surface area contributed by atoms with Crippen LogP contribution in [-0.4, -0.2) is 10.9 Å². The first-order chi connectivity index (χ1) is 10.7. The lowest BCUT2D eigenvalue weighted by Gasteiger charge is -2.02. The molecule has 0 saturated heterocycles. The third kappa shape index (κ3) is 1.93. The molecule has 2 aromatic carbocycles. The van der Waals surface area contributed by atoms with Crippen LogP contribution in [0.15, 0.2) is 59.4 Å². The summed E-state index contributed by atoms with van der Waals surface area (Å²) in [5.41, 5.74) is 3.51. The lowest BCUT2D eigenvalue weighted by Crippen LogP contribution is -2.05. The Morgan fingerprint density at radius 3 is 2.59 bits per heavy atom. The molecule has 0 spiro atoms. The number of carbonyl (C=O) groups is 1. The summed E-state index contributed by atoms with van der Waals surface area (Å²) in [5, 5.41) is 3.46. The zero-order valence-electron chi connectivity index (χ0n) is 11.6. The first-order valence-electron chi connectivity index (χ1n) is 6.97. The summed E-state index contributed by atoms with van der Waals surface area (Å²) < 4.78 is 0. The molecule has 1 aromatic heterocycles. The smallest absolute Gasteiger partial charge is 0.256 e. The molecule has 0 atom stereocenters. The molecule has 4 rings (SSSR count). The Hall–Kier alpha value is -3.14. The fraction of sp³-hybridized carbons (Fsp3) is 0. The number of hydrogen-bond donors (Lipinski definition) is 2. The fourth-order valence-electron chi connectivity index (χ4n) is 2.73. The molecule has 0 saturated carbocycles. The maximum atomic E-state index is 12.2. The number of H-pyrrole nitrogens is 1. The van der Waals surface area contributed by atoms with Crippen molar-refractivity contribution in [1.82, 2.24) is 4.98 Å². The molecule has 1 amide bonds. The van der Waals surface area contributed by atoms with E-state index in [-0.39, 0.29) is 11.3 Å². The number of para-hydroxylation sites is 2. The predicted octanol–water partition coefficient (Wildman–Crippen LogP) is 3.02. The maximum Gasteiger partial charge on any atom is 0.256 e. The van der Waals surface area contributed by atoms with Gasteiger partial charge in [0.15, 0.2) is 5.43 Å². The average Bonchev–Trinajstić information content (AvgIpc) is 2.84. The minimum atomic E-state index is -0.157. The SMILES string of the molecule is O=C1Nc2ccccc2C1=Cc1cc(=O)c2ccccc2[nH]1. The summed E-state index contributed by atoms with van der Waals surface area (Å²) in [6.07, 6.45) is 1.72. The van der Waals surface area contributed by atoms with E-state index in [1.165, 1.54) is 6.07 Å². The molecule has 0 unspecified atom stereocenters. The average molecular weight is 288 g/mol. The standard InChI is InChI=1S/C18H12N2O2/c21-17-10-11(19-16-8-4-2-6-13(16)17)9-14-12-5-1-3-7-15(12)20-18(14)22/h1-10H,(H,19,21)(H,20,22). The summed E-state index contributed by atoms with van der Waals surface area (Å²) in [7, 11) is 0. The Kier molecular flexibility index (Phi) is 2.69. The van der Waals surface area contributed by atoms with Crippen LogP contribution >= 0.6 is 0 Å². The van der Waals surface area contributed by atoms with E-state index in [0.717, 1.165) is 16.8 Å². The second kappa shape index (κ2) is 4.70. The van der Waals surface area contributed by atoms with Crippen molar-refractivity contribution >= 4 is 34.1 Å². The Morgan fingerprint density at radius 2 is 1.68 bits per heavy atom. The zero-order valence-corrected chi connectivity index (χ0v) is 11.6. The van der Waals surface area contributed by atoms with Gasteiger partial charge in [-0.25, -0.2) is 0 Å². The van der Waals surface area contributed by atoms with Gasteiger partial charge < -0.3 is 10.3 Å². The van der Waals surface area contributed by atoms with E-state index in [4.69, 9.17) is 0 Å². The van der Waals surface area contributed by atoms with E-state index >= 15 is 0 Å². The van der Waals surface area contributed by atoms with Crippen molar-refractivity contribution in [2.45, 2.75) is 0 Å². The van der Waals surface area contributed by atoms with Crippen molar-refractivity contribution in [3.63, 3.8) is 0 Å². The second-order valence-electron chi connectivity index (χ2n) is 5.19. The molecule has 0 aliphatic carbocycles. The molecule has 0 fully saturated rings. The largest absolute Gasteiger partial charge is 0.355 e. The van der Waals surface area contributed by atoms with E-state index in [1.54, 1.807) is 12.1 Å². The number of amides is 1. The Morgan fingerprint density at radius 1 is 0.909 bits per heavy atom. The number of anilines is 1. The number of aromatic nitrogens is 1. The summed E-state index contributed by atoms with van der Waals surface area (Å²) in [5.74, 6) is -0.157. The highest BCUT2D eigenvalue weighted by molar-refractivity contribution is 6.34.